The summed E-state index contributed by atoms with van der Waals surface area (Å²) in [4.78, 5) is 12.1. The molecule has 0 spiro atoms. The van der Waals surface area contributed by atoms with Crippen molar-refractivity contribution in [3.05, 3.63) is 69.7 Å². The van der Waals surface area contributed by atoms with Crippen molar-refractivity contribution < 1.29 is 0 Å². The van der Waals surface area contributed by atoms with Crippen LogP contribution in [0.4, 0.5) is 5.82 Å². The minimum absolute atomic E-state index is 0.0936. The van der Waals surface area contributed by atoms with Gasteiger partial charge in [0, 0.05) is 23.0 Å². The van der Waals surface area contributed by atoms with Gasteiger partial charge in [0.1, 0.15) is 0 Å². The van der Waals surface area contributed by atoms with Crippen LogP contribution >= 0.6 is 11.6 Å². The van der Waals surface area contributed by atoms with E-state index < -0.39 is 0 Å². The predicted octanol–water partition coefficient (Wildman–Crippen LogP) is 3.55. The quantitative estimate of drug-likeness (QED) is 0.474. The van der Waals surface area contributed by atoms with Crippen LogP contribution < -0.4 is 27.9 Å². The molecule has 0 saturated heterocycles. The SMILES string of the molecule is CCC/C(N)=C/N(N)c1ccc(=O)n(C2CCC(CN)CC2)n1.Clc1ccccc1. The molecule has 7 nitrogen and oxygen atoms in total. The summed E-state index contributed by atoms with van der Waals surface area (Å²) < 4.78 is 1.56. The fourth-order valence-electron chi connectivity index (χ4n) is 3.45. The zero-order valence-electron chi connectivity index (χ0n) is 17.6. The second-order valence-electron chi connectivity index (χ2n) is 7.54. The van der Waals surface area contributed by atoms with Crippen molar-refractivity contribution in [1.29, 1.82) is 0 Å². The first-order chi connectivity index (χ1) is 14.4. The van der Waals surface area contributed by atoms with E-state index in [9.17, 15) is 4.79 Å². The van der Waals surface area contributed by atoms with Crippen molar-refractivity contribution in [2.45, 2.75) is 51.5 Å². The van der Waals surface area contributed by atoms with Crippen molar-refractivity contribution in [2.75, 3.05) is 11.6 Å². The maximum atomic E-state index is 12.1. The van der Waals surface area contributed by atoms with Crippen molar-refractivity contribution in [2.24, 2.45) is 23.2 Å². The van der Waals surface area contributed by atoms with Gasteiger partial charge in [-0.1, -0.05) is 43.1 Å². The van der Waals surface area contributed by atoms with Gasteiger partial charge in [-0.25, -0.2) is 10.5 Å². The average molecular weight is 433 g/mol. The minimum Gasteiger partial charge on any atom is -0.401 e. The number of allylic oxidation sites excluding steroid dienone is 1. The number of hydrogen-bond donors (Lipinski definition) is 3. The van der Waals surface area contributed by atoms with E-state index in [0.29, 0.717) is 24.0 Å². The van der Waals surface area contributed by atoms with Gasteiger partial charge >= 0.3 is 0 Å². The summed E-state index contributed by atoms with van der Waals surface area (Å²) in [5, 5.41) is 6.61. The van der Waals surface area contributed by atoms with Crippen LogP contribution in [0.15, 0.2) is 59.2 Å². The van der Waals surface area contributed by atoms with Crippen LogP contribution in [0.25, 0.3) is 0 Å². The third kappa shape index (κ3) is 7.48. The van der Waals surface area contributed by atoms with E-state index in [-0.39, 0.29) is 11.6 Å². The number of halogens is 1. The Hall–Kier alpha value is -2.35. The topological polar surface area (TPSA) is 116 Å². The number of nitrogens with two attached hydrogens (primary N) is 3. The maximum Gasteiger partial charge on any atom is 0.267 e. The van der Waals surface area contributed by atoms with Crippen LogP contribution in [-0.4, -0.2) is 16.3 Å². The summed E-state index contributed by atoms with van der Waals surface area (Å²) in [7, 11) is 0. The summed E-state index contributed by atoms with van der Waals surface area (Å²) >= 11 is 5.54. The zero-order chi connectivity index (χ0) is 21.9. The Morgan fingerprint density at radius 2 is 1.87 bits per heavy atom. The van der Waals surface area contributed by atoms with E-state index in [1.807, 2.05) is 30.3 Å². The van der Waals surface area contributed by atoms with Gasteiger partial charge in [-0.2, -0.15) is 5.10 Å². The number of rotatable bonds is 6. The number of benzene rings is 1. The van der Waals surface area contributed by atoms with E-state index in [1.165, 1.54) is 11.1 Å². The maximum absolute atomic E-state index is 12.1. The molecule has 1 heterocycles. The number of hydrazine groups is 1. The highest BCUT2D eigenvalue weighted by Crippen LogP contribution is 2.30. The van der Waals surface area contributed by atoms with Gasteiger partial charge < -0.3 is 11.5 Å². The van der Waals surface area contributed by atoms with Crippen molar-refractivity contribution in [3.63, 3.8) is 0 Å². The Morgan fingerprint density at radius 3 is 2.40 bits per heavy atom. The molecule has 1 aliphatic rings. The van der Waals surface area contributed by atoms with E-state index >= 15 is 0 Å². The molecule has 1 aliphatic carbocycles. The molecule has 1 saturated carbocycles. The Bertz CT molecular complexity index is 846. The smallest absolute Gasteiger partial charge is 0.267 e. The first kappa shape index (κ1) is 23.9. The molecule has 1 aromatic carbocycles. The number of aromatic nitrogens is 2. The highest BCUT2D eigenvalue weighted by Gasteiger charge is 2.23. The molecule has 30 heavy (non-hydrogen) atoms. The third-order valence-corrected chi connectivity index (χ3v) is 5.40. The molecule has 0 aliphatic heterocycles. The summed E-state index contributed by atoms with van der Waals surface area (Å²) in [6.07, 6.45) is 7.31. The molecule has 1 fully saturated rings. The molecule has 8 heteroatoms. The average Bonchev–Trinajstić information content (AvgIpc) is 2.75. The normalized spacial score (nSPS) is 19.0. The van der Waals surface area contributed by atoms with Gasteiger partial charge in [0.2, 0.25) is 0 Å². The van der Waals surface area contributed by atoms with Crippen molar-refractivity contribution in [3.8, 4) is 0 Å². The highest BCUT2D eigenvalue weighted by atomic mass is 35.5. The monoisotopic (exact) mass is 432 g/mol. The first-order valence-electron chi connectivity index (χ1n) is 10.4. The number of anilines is 1. The lowest BCUT2D eigenvalue weighted by molar-refractivity contribution is 0.259. The lowest BCUT2D eigenvalue weighted by Gasteiger charge is -2.28. The lowest BCUT2D eigenvalue weighted by Crippen LogP contribution is -2.34. The first-order valence-corrected chi connectivity index (χ1v) is 10.8. The van der Waals surface area contributed by atoms with Gasteiger partial charge in [0.05, 0.1) is 6.04 Å². The van der Waals surface area contributed by atoms with Gasteiger partial charge in [-0.05, 0) is 62.8 Å². The second-order valence-corrected chi connectivity index (χ2v) is 7.98. The minimum atomic E-state index is -0.0936. The van der Waals surface area contributed by atoms with Crippen molar-refractivity contribution in [1.82, 2.24) is 9.78 Å². The summed E-state index contributed by atoms with van der Waals surface area (Å²) in [6.45, 7) is 2.77. The van der Waals surface area contributed by atoms with Gasteiger partial charge in [-0.3, -0.25) is 9.80 Å². The Labute approximate surface area is 183 Å². The van der Waals surface area contributed by atoms with Gasteiger partial charge in [0.15, 0.2) is 5.82 Å². The molecule has 3 rings (SSSR count). The molecule has 6 N–H and O–H groups in total. The highest BCUT2D eigenvalue weighted by molar-refractivity contribution is 6.30. The molecule has 0 amide bonds. The molecule has 0 radical (unpaired) electrons. The summed E-state index contributed by atoms with van der Waals surface area (Å²) in [6, 6.07) is 12.7. The molecule has 0 unspecified atom stereocenters. The van der Waals surface area contributed by atoms with Crippen LogP contribution in [0.5, 0.6) is 0 Å². The van der Waals surface area contributed by atoms with E-state index in [2.05, 4.69) is 12.0 Å². The molecule has 0 bridgehead atoms. The Balaban J connectivity index is 0.000000386. The Kier molecular flexibility index (Phi) is 9.86. The van der Waals surface area contributed by atoms with Crippen LogP contribution in [-0.2, 0) is 0 Å². The molecule has 0 atom stereocenters. The Morgan fingerprint density at radius 1 is 1.20 bits per heavy atom. The lowest BCUT2D eigenvalue weighted by atomic mass is 9.86. The molecular formula is C22H33ClN6O. The summed E-state index contributed by atoms with van der Waals surface area (Å²) in [5.74, 6) is 7.08. The fourth-order valence-corrected chi connectivity index (χ4v) is 3.60. The second kappa shape index (κ2) is 12.4. The zero-order valence-corrected chi connectivity index (χ0v) is 18.3. The fraction of sp³-hybridized carbons (Fsp3) is 0.455. The van der Waals surface area contributed by atoms with Gasteiger partial charge in [-0.15, -0.1) is 0 Å². The van der Waals surface area contributed by atoms with Crippen LogP contribution in [0.1, 0.15) is 51.5 Å². The molecular weight excluding hydrogens is 400 g/mol. The van der Waals surface area contributed by atoms with Crippen LogP contribution in [0, 0.1) is 5.92 Å². The number of nitrogens with zero attached hydrogens (tertiary/aromatic N) is 3. The molecule has 1 aromatic heterocycles. The van der Waals surface area contributed by atoms with Crippen molar-refractivity contribution >= 4 is 17.4 Å². The van der Waals surface area contributed by atoms with E-state index in [1.54, 1.807) is 16.9 Å². The molecule has 164 valence electrons. The largest absolute Gasteiger partial charge is 0.401 e. The molecule has 2 aromatic rings. The van der Waals surface area contributed by atoms with Crippen LogP contribution in [0.3, 0.4) is 0 Å². The number of hydrogen-bond acceptors (Lipinski definition) is 6. The van der Waals surface area contributed by atoms with Gasteiger partial charge in [0.25, 0.3) is 5.56 Å². The van der Waals surface area contributed by atoms with Crippen LogP contribution in [0.2, 0.25) is 5.02 Å². The predicted molar refractivity (Wildman–Crippen MR) is 124 cm³/mol. The standard InChI is InChI=1S/C16H28N6O.C6H5Cl/c1-2-3-13(18)11-21(19)15-8-9-16(23)22(20-15)14-6-4-12(10-17)5-7-14;7-6-4-2-1-3-5-6/h8-9,11-12,14H,2-7,10,17-19H2,1H3;1-5H/b13-11-;. The third-order valence-electron chi connectivity index (χ3n) is 5.15. The summed E-state index contributed by atoms with van der Waals surface area (Å²) in [5.41, 5.74) is 12.2. The van der Waals surface area contributed by atoms with E-state index in [0.717, 1.165) is 43.5 Å². The van der Waals surface area contributed by atoms with E-state index in [4.69, 9.17) is 28.9 Å².